The molecule has 4 nitrogen and oxygen atoms in total. The number of rotatable bonds is 0. The van der Waals surface area contributed by atoms with Gasteiger partial charge in [0.05, 0.1) is 12.1 Å². The quantitative estimate of drug-likeness (QED) is 0.670. The molecular formula is C11H21NO3. The number of carbonyl (C=O) groups excluding carboxylic acids is 1. The summed E-state index contributed by atoms with van der Waals surface area (Å²) < 4.78 is 5.26. The number of carbonyl (C=O) groups is 1. The van der Waals surface area contributed by atoms with E-state index < -0.39 is 11.2 Å². The average Bonchev–Trinajstić information content (AvgIpc) is 2.20. The van der Waals surface area contributed by atoms with E-state index in [1.165, 1.54) is 0 Å². The van der Waals surface area contributed by atoms with Gasteiger partial charge in [0.1, 0.15) is 5.60 Å². The molecule has 2 unspecified atom stereocenters. The monoisotopic (exact) mass is 215 g/mol. The van der Waals surface area contributed by atoms with Crippen LogP contribution in [0.3, 0.4) is 0 Å². The number of aliphatic hydroxyl groups is 1. The number of hydrogen-bond donors (Lipinski definition) is 1. The maximum atomic E-state index is 11.8. The van der Waals surface area contributed by atoms with Crippen molar-refractivity contribution in [1.29, 1.82) is 0 Å². The lowest BCUT2D eigenvalue weighted by molar-refractivity contribution is 0.0161. The molecule has 1 heterocycles. The van der Waals surface area contributed by atoms with E-state index in [1.807, 2.05) is 27.7 Å². The highest BCUT2D eigenvalue weighted by molar-refractivity contribution is 5.69. The second kappa shape index (κ2) is 3.67. The number of hydrogen-bond acceptors (Lipinski definition) is 3. The number of β-amino-alcohol motifs (C(OH)–C–C–N with tert-alkyl or cyclic N) is 1. The van der Waals surface area contributed by atoms with Crippen molar-refractivity contribution in [3.8, 4) is 0 Å². The Hall–Kier alpha value is -0.770. The van der Waals surface area contributed by atoms with Crippen LogP contribution in [0.4, 0.5) is 4.79 Å². The summed E-state index contributed by atoms with van der Waals surface area (Å²) in [6.07, 6.45) is 0.263. The largest absolute Gasteiger partial charge is 0.444 e. The molecule has 0 aromatic rings. The Kier molecular flexibility index (Phi) is 3.01. The smallest absolute Gasteiger partial charge is 0.410 e. The van der Waals surface area contributed by atoms with Gasteiger partial charge in [0.25, 0.3) is 0 Å². The maximum absolute atomic E-state index is 11.8. The Morgan fingerprint density at radius 3 is 2.40 bits per heavy atom. The summed E-state index contributed by atoms with van der Waals surface area (Å²) in [7, 11) is 0. The lowest BCUT2D eigenvalue weighted by Gasteiger charge is -2.27. The minimum absolute atomic E-state index is 0.0369. The fourth-order valence-corrected chi connectivity index (χ4v) is 1.90. The van der Waals surface area contributed by atoms with Crippen LogP contribution in [-0.4, -0.2) is 39.9 Å². The molecule has 1 aliphatic rings. The molecule has 1 aliphatic heterocycles. The predicted molar refractivity (Wildman–Crippen MR) is 57.6 cm³/mol. The van der Waals surface area contributed by atoms with Gasteiger partial charge in [-0.1, -0.05) is 0 Å². The third kappa shape index (κ3) is 3.38. The molecular weight excluding hydrogens is 194 g/mol. The van der Waals surface area contributed by atoms with Gasteiger partial charge in [-0.25, -0.2) is 4.79 Å². The number of amides is 1. The van der Waals surface area contributed by atoms with Gasteiger partial charge in [-0.15, -0.1) is 0 Å². The molecule has 0 aromatic heterocycles. The molecule has 88 valence electrons. The summed E-state index contributed by atoms with van der Waals surface area (Å²) in [4.78, 5) is 13.3. The minimum atomic E-state index is -0.781. The fraction of sp³-hybridized carbons (Fsp3) is 0.909. The van der Waals surface area contributed by atoms with Gasteiger partial charge in [0.2, 0.25) is 0 Å². The third-order valence-corrected chi connectivity index (χ3v) is 2.41. The molecule has 0 radical (unpaired) electrons. The molecule has 1 rings (SSSR count). The molecule has 0 bridgehead atoms. The average molecular weight is 215 g/mol. The van der Waals surface area contributed by atoms with Gasteiger partial charge in [-0.3, -0.25) is 0 Å². The van der Waals surface area contributed by atoms with Crippen LogP contribution < -0.4 is 0 Å². The van der Waals surface area contributed by atoms with Crippen molar-refractivity contribution in [2.75, 3.05) is 6.54 Å². The van der Waals surface area contributed by atoms with Crippen molar-refractivity contribution in [2.45, 2.75) is 58.3 Å². The fourth-order valence-electron chi connectivity index (χ4n) is 1.90. The zero-order valence-electron chi connectivity index (χ0n) is 10.2. The van der Waals surface area contributed by atoms with Gasteiger partial charge < -0.3 is 14.7 Å². The predicted octanol–water partition coefficient (Wildman–Crippen LogP) is 1.77. The van der Waals surface area contributed by atoms with Gasteiger partial charge in [-0.2, -0.15) is 0 Å². The van der Waals surface area contributed by atoms with Crippen LogP contribution in [0.1, 0.15) is 41.0 Å². The topological polar surface area (TPSA) is 49.8 Å². The first-order chi connectivity index (χ1) is 6.61. The van der Waals surface area contributed by atoms with E-state index in [0.29, 0.717) is 13.0 Å². The van der Waals surface area contributed by atoms with Crippen LogP contribution in [0.25, 0.3) is 0 Å². The van der Waals surface area contributed by atoms with Crippen molar-refractivity contribution < 1.29 is 14.6 Å². The van der Waals surface area contributed by atoms with Crippen LogP contribution in [0.5, 0.6) is 0 Å². The third-order valence-electron chi connectivity index (χ3n) is 2.41. The van der Waals surface area contributed by atoms with Crippen molar-refractivity contribution in [3.05, 3.63) is 0 Å². The molecule has 0 saturated carbocycles. The first-order valence-corrected chi connectivity index (χ1v) is 5.33. The highest BCUT2D eigenvalue weighted by Gasteiger charge is 2.40. The maximum Gasteiger partial charge on any atom is 0.410 e. The Morgan fingerprint density at radius 2 is 2.07 bits per heavy atom. The van der Waals surface area contributed by atoms with E-state index in [9.17, 15) is 9.90 Å². The molecule has 1 fully saturated rings. The van der Waals surface area contributed by atoms with E-state index in [-0.39, 0.29) is 12.1 Å². The van der Waals surface area contributed by atoms with E-state index in [1.54, 1.807) is 11.8 Å². The molecule has 0 aliphatic carbocycles. The second-order valence-electron chi connectivity index (χ2n) is 5.66. The van der Waals surface area contributed by atoms with Crippen LogP contribution in [0, 0.1) is 0 Å². The summed E-state index contributed by atoms with van der Waals surface area (Å²) >= 11 is 0. The Morgan fingerprint density at radius 1 is 1.53 bits per heavy atom. The van der Waals surface area contributed by atoms with Gasteiger partial charge in [-0.05, 0) is 41.0 Å². The van der Waals surface area contributed by atoms with E-state index in [4.69, 9.17) is 4.74 Å². The standard InChI is InChI=1S/C11H21NO3/c1-8-6-11(5,14)7-12(8)9(13)15-10(2,3)4/h8,14H,6-7H2,1-5H3. The molecule has 0 aromatic carbocycles. The minimum Gasteiger partial charge on any atom is -0.444 e. The highest BCUT2D eigenvalue weighted by atomic mass is 16.6. The number of ether oxygens (including phenoxy) is 1. The van der Waals surface area contributed by atoms with Gasteiger partial charge in [0, 0.05) is 6.04 Å². The van der Waals surface area contributed by atoms with Crippen LogP contribution in [-0.2, 0) is 4.74 Å². The van der Waals surface area contributed by atoms with Crippen LogP contribution >= 0.6 is 0 Å². The highest BCUT2D eigenvalue weighted by Crippen LogP contribution is 2.27. The summed E-state index contributed by atoms with van der Waals surface area (Å²) in [6, 6.07) is 0.0369. The molecule has 1 N–H and O–H groups in total. The summed E-state index contributed by atoms with van der Waals surface area (Å²) in [5.74, 6) is 0. The zero-order valence-corrected chi connectivity index (χ0v) is 10.2. The lowest BCUT2D eigenvalue weighted by Crippen LogP contribution is -2.40. The van der Waals surface area contributed by atoms with Gasteiger partial charge in [0.15, 0.2) is 0 Å². The Balaban J connectivity index is 2.62. The molecule has 0 spiro atoms. The first-order valence-electron chi connectivity index (χ1n) is 5.33. The first kappa shape index (κ1) is 12.3. The van der Waals surface area contributed by atoms with Crippen molar-refractivity contribution in [3.63, 3.8) is 0 Å². The molecule has 4 heteroatoms. The molecule has 2 atom stereocenters. The second-order valence-corrected chi connectivity index (χ2v) is 5.66. The van der Waals surface area contributed by atoms with E-state index in [0.717, 1.165) is 0 Å². The zero-order chi connectivity index (χ0) is 11.9. The number of nitrogens with zero attached hydrogens (tertiary/aromatic N) is 1. The van der Waals surface area contributed by atoms with E-state index in [2.05, 4.69) is 0 Å². The van der Waals surface area contributed by atoms with Gasteiger partial charge >= 0.3 is 6.09 Å². The molecule has 1 saturated heterocycles. The molecule has 15 heavy (non-hydrogen) atoms. The Labute approximate surface area is 91.2 Å². The SMILES string of the molecule is CC1CC(C)(O)CN1C(=O)OC(C)(C)C. The number of likely N-dealkylation sites (tertiary alicyclic amines) is 1. The summed E-state index contributed by atoms with van der Waals surface area (Å²) in [5, 5.41) is 9.83. The lowest BCUT2D eigenvalue weighted by atomic mass is 10.0. The summed E-state index contributed by atoms with van der Waals surface area (Å²) in [6.45, 7) is 9.53. The van der Waals surface area contributed by atoms with Crippen molar-refractivity contribution in [1.82, 2.24) is 4.90 Å². The van der Waals surface area contributed by atoms with E-state index >= 15 is 0 Å². The summed E-state index contributed by atoms with van der Waals surface area (Å²) in [5.41, 5.74) is -1.26. The van der Waals surface area contributed by atoms with Crippen molar-refractivity contribution in [2.24, 2.45) is 0 Å². The molecule has 1 amide bonds. The normalized spacial score (nSPS) is 31.9. The Bertz CT molecular complexity index is 255. The van der Waals surface area contributed by atoms with Crippen LogP contribution in [0.15, 0.2) is 0 Å². The van der Waals surface area contributed by atoms with Crippen LogP contribution in [0.2, 0.25) is 0 Å². The van der Waals surface area contributed by atoms with Crippen molar-refractivity contribution >= 4 is 6.09 Å².